The number of aliphatic hydroxyl groups is 1. The van der Waals surface area contributed by atoms with Crippen LogP contribution in [-0.4, -0.2) is 55.3 Å². The van der Waals surface area contributed by atoms with E-state index in [-0.39, 0.29) is 39.1 Å². The van der Waals surface area contributed by atoms with Crippen molar-refractivity contribution in [1.82, 2.24) is 10.4 Å². The predicted molar refractivity (Wildman–Crippen MR) is 184 cm³/mol. The number of thioether (sulfide) groups is 1. The minimum atomic E-state index is -4.11. The zero-order chi connectivity index (χ0) is 33.3. The molecule has 0 radical (unpaired) electrons. The Kier molecular flexibility index (Phi) is 16.2. The number of phosphoric ester groups is 1. The van der Waals surface area contributed by atoms with Gasteiger partial charge in [0.15, 0.2) is 0 Å². The number of hydrogen-bond donors (Lipinski definition) is 3. The lowest BCUT2D eigenvalue weighted by molar-refractivity contribution is -0.136. The van der Waals surface area contributed by atoms with Gasteiger partial charge in [-0.15, -0.1) is 0 Å². The summed E-state index contributed by atoms with van der Waals surface area (Å²) in [6.07, 6.45) is -1.48. The molecule has 0 aromatic heterocycles. The number of phosphoric acid groups is 1. The quantitative estimate of drug-likeness (QED) is 0.0763. The molecule has 0 spiro atoms. The molecule has 13 heteroatoms. The maximum absolute atomic E-state index is 13.6. The molecule has 0 aliphatic rings. The van der Waals surface area contributed by atoms with Gasteiger partial charge in [-0.1, -0.05) is 105 Å². The molecular formula is C33H46N2O8P2S. The van der Waals surface area contributed by atoms with Gasteiger partial charge in [0.2, 0.25) is 5.91 Å². The Hall–Kier alpha value is -2.30. The molecule has 3 rings (SSSR count). The van der Waals surface area contributed by atoms with Gasteiger partial charge in [-0.2, -0.15) is 11.8 Å². The van der Waals surface area contributed by atoms with E-state index in [2.05, 4.69) is 22.5 Å². The Morgan fingerprint density at radius 2 is 1.33 bits per heavy atom. The first-order valence-electron chi connectivity index (χ1n) is 15.2. The molecule has 0 aliphatic carbocycles. The van der Waals surface area contributed by atoms with Crippen molar-refractivity contribution >= 4 is 33.0 Å². The summed E-state index contributed by atoms with van der Waals surface area (Å²) in [6.45, 7) is 5.39. The fraction of sp³-hybridized carbons (Fsp3) is 0.424. The van der Waals surface area contributed by atoms with Gasteiger partial charge in [-0.25, -0.2) is 9.65 Å². The van der Waals surface area contributed by atoms with Gasteiger partial charge in [0.05, 0.1) is 32.6 Å². The zero-order valence-corrected chi connectivity index (χ0v) is 29.3. The molecule has 252 valence electrons. The Morgan fingerprint density at radius 3 is 1.85 bits per heavy atom. The minimum absolute atomic E-state index is 0.0178. The topological polar surface area (TPSA) is 132 Å². The van der Waals surface area contributed by atoms with Crippen LogP contribution in [0.4, 0.5) is 0 Å². The molecule has 0 saturated heterocycles. The number of nitrogens with one attached hydrogen (secondary N) is 2. The summed E-state index contributed by atoms with van der Waals surface area (Å²) in [7, 11) is -7.32. The van der Waals surface area contributed by atoms with Gasteiger partial charge in [-0.3, -0.25) is 22.9 Å². The summed E-state index contributed by atoms with van der Waals surface area (Å²) in [4.78, 5) is 12.9. The Morgan fingerprint density at radius 1 is 0.804 bits per heavy atom. The minimum Gasteiger partial charge on any atom is -0.383 e. The molecule has 3 aromatic rings. The van der Waals surface area contributed by atoms with Crippen LogP contribution in [0.15, 0.2) is 91.0 Å². The lowest BCUT2D eigenvalue weighted by Gasteiger charge is -2.30. The molecule has 0 heterocycles. The molecule has 3 aromatic carbocycles. The van der Waals surface area contributed by atoms with Crippen molar-refractivity contribution in [1.29, 1.82) is 0 Å². The van der Waals surface area contributed by atoms with Crippen LogP contribution in [0.25, 0.3) is 0 Å². The highest BCUT2D eigenvalue weighted by Crippen LogP contribution is 2.52. The summed E-state index contributed by atoms with van der Waals surface area (Å²) < 4.78 is 49.4. The maximum atomic E-state index is 13.6. The van der Waals surface area contributed by atoms with Crippen LogP contribution < -0.4 is 10.4 Å². The molecule has 10 nitrogen and oxygen atoms in total. The summed E-state index contributed by atoms with van der Waals surface area (Å²) in [6, 6.07) is 28.5. The van der Waals surface area contributed by atoms with Crippen molar-refractivity contribution in [3.8, 4) is 0 Å². The first kappa shape index (κ1) is 38.2. The average Bonchev–Trinajstić information content (AvgIpc) is 3.07. The molecule has 0 bridgehead atoms. The second kappa shape index (κ2) is 19.5. The SMILES string of the molecule is CCOP(=O)(CCNC(=O)[C@H](O)C(C)(C)COP(=O)(OCc1ccccc1)OCc1ccccc1)NCCSCc1ccccc1. The second-order valence-electron chi connectivity index (χ2n) is 11.2. The number of rotatable bonds is 22. The zero-order valence-electron chi connectivity index (χ0n) is 26.7. The Labute approximate surface area is 277 Å². The van der Waals surface area contributed by atoms with E-state index in [1.165, 1.54) is 5.56 Å². The smallest absolute Gasteiger partial charge is 0.383 e. The van der Waals surface area contributed by atoms with Crippen LogP contribution in [0.1, 0.15) is 37.5 Å². The lowest BCUT2D eigenvalue weighted by atomic mass is 9.87. The van der Waals surface area contributed by atoms with Gasteiger partial charge in [0.1, 0.15) is 6.10 Å². The van der Waals surface area contributed by atoms with Crippen molar-refractivity contribution < 1.29 is 37.1 Å². The number of benzene rings is 3. The van der Waals surface area contributed by atoms with E-state index in [0.29, 0.717) is 6.54 Å². The van der Waals surface area contributed by atoms with Gasteiger partial charge >= 0.3 is 7.82 Å². The fourth-order valence-electron chi connectivity index (χ4n) is 4.12. The van der Waals surface area contributed by atoms with E-state index in [4.69, 9.17) is 18.1 Å². The number of amides is 1. The monoisotopic (exact) mass is 692 g/mol. The highest BCUT2D eigenvalue weighted by atomic mass is 32.2. The molecule has 46 heavy (non-hydrogen) atoms. The largest absolute Gasteiger partial charge is 0.475 e. The number of carbonyl (C=O) groups excluding carboxylic acids is 1. The van der Waals surface area contributed by atoms with Crippen LogP contribution in [-0.2, 0) is 51.0 Å². The standard InChI is InChI=1S/C33H46N2O8P2S/c1-4-40-44(38,35-21-23-46-26-30-18-12-7-13-19-30)22-20-34-32(37)31(36)33(2,3)27-43-45(39,41-24-28-14-8-5-9-15-28)42-25-29-16-10-6-11-17-29/h5-19,31,36H,4,20-27H2,1-3H3,(H,34,37)(H,35,38)/t31-,44?/m0/s1. The number of carbonyl (C=O) groups is 1. The van der Waals surface area contributed by atoms with Gasteiger partial charge in [0.25, 0.3) is 7.52 Å². The van der Waals surface area contributed by atoms with Gasteiger partial charge in [-0.05, 0) is 23.6 Å². The van der Waals surface area contributed by atoms with Crippen molar-refractivity contribution in [2.24, 2.45) is 5.41 Å². The van der Waals surface area contributed by atoms with E-state index in [1.54, 1.807) is 32.5 Å². The van der Waals surface area contributed by atoms with E-state index in [0.717, 1.165) is 22.6 Å². The average molecular weight is 693 g/mol. The lowest BCUT2D eigenvalue weighted by Crippen LogP contribution is -2.46. The molecule has 1 unspecified atom stereocenters. The van der Waals surface area contributed by atoms with Crippen molar-refractivity contribution in [3.05, 3.63) is 108 Å². The fourth-order valence-corrected chi connectivity index (χ4v) is 8.07. The summed E-state index contributed by atoms with van der Waals surface area (Å²) in [5.74, 6) is 0.905. The van der Waals surface area contributed by atoms with E-state index < -0.39 is 32.8 Å². The van der Waals surface area contributed by atoms with Crippen molar-refractivity contribution in [2.45, 2.75) is 45.8 Å². The third-order valence-corrected chi connectivity index (χ3v) is 11.4. The van der Waals surface area contributed by atoms with Crippen LogP contribution in [0.2, 0.25) is 0 Å². The summed E-state index contributed by atoms with van der Waals surface area (Å²) in [5.41, 5.74) is 1.59. The van der Waals surface area contributed by atoms with E-state index in [9.17, 15) is 19.0 Å². The molecule has 2 atom stereocenters. The highest BCUT2D eigenvalue weighted by molar-refractivity contribution is 7.98. The van der Waals surface area contributed by atoms with Crippen LogP contribution in [0.5, 0.6) is 0 Å². The van der Waals surface area contributed by atoms with Crippen molar-refractivity contribution in [2.75, 3.05) is 38.2 Å². The number of hydrogen-bond acceptors (Lipinski definition) is 9. The molecular weight excluding hydrogens is 646 g/mol. The number of aliphatic hydroxyl groups excluding tert-OH is 1. The normalized spacial score (nSPS) is 14.0. The molecule has 0 fully saturated rings. The Balaban J connectivity index is 1.49. The van der Waals surface area contributed by atoms with Gasteiger partial charge in [0, 0.05) is 30.0 Å². The first-order chi connectivity index (χ1) is 22.0. The molecule has 3 N–H and O–H groups in total. The summed E-state index contributed by atoms with van der Waals surface area (Å²) in [5, 5.41) is 16.6. The third-order valence-electron chi connectivity index (χ3n) is 6.80. The van der Waals surface area contributed by atoms with Crippen molar-refractivity contribution in [3.63, 3.8) is 0 Å². The predicted octanol–water partition coefficient (Wildman–Crippen LogP) is 6.80. The first-order valence-corrected chi connectivity index (χ1v) is 19.6. The second-order valence-corrected chi connectivity index (χ2v) is 16.3. The maximum Gasteiger partial charge on any atom is 0.475 e. The van der Waals surface area contributed by atoms with E-state index in [1.807, 2.05) is 78.9 Å². The van der Waals surface area contributed by atoms with Crippen LogP contribution >= 0.6 is 27.1 Å². The Bertz CT molecular complexity index is 1350. The van der Waals surface area contributed by atoms with Gasteiger partial charge < -0.3 is 14.9 Å². The third kappa shape index (κ3) is 13.8. The van der Waals surface area contributed by atoms with E-state index >= 15 is 0 Å². The highest BCUT2D eigenvalue weighted by Gasteiger charge is 2.38. The molecule has 0 saturated carbocycles. The van der Waals surface area contributed by atoms with Crippen LogP contribution in [0, 0.1) is 5.41 Å². The van der Waals surface area contributed by atoms with Crippen LogP contribution in [0.3, 0.4) is 0 Å². The summed E-state index contributed by atoms with van der Waals surface area (Å²) >= 11 is 1.72. The molecule has 0 aliphatic heterocycles. The molecule has 1 amide bonds.